The van der Waals surface area contributed by atoms with Crippen LogP contribution in [0.1, 0.15) is 17.3 Å². The van der Waals surface area contributed by atoms with Gasteiger partial charge in [0.05, 0.1) is 24.0 Å². The van der Waals surface area contributed by atoms with Crippen molar-refractivity contribution in [2.45, 2.75) is 13.0 Å². The second-order valence-corrected chi connectivity index (χ2v) is 5.73. The van der Waals surface area contributed by atoms with Crippen molar-refractivity contribution in [1.29, 1.82) is 0 Å². The molecule has 27 heavy (non-hydrogen) atoms. The Bertz CT molecular complexity index is 921. The molecule has 7 nitrogen and oxygen atoms in total. The smallest absolute Gasteiger partial charge is 0.338 e. The number of nitrogens with one attached hydrogen (secondary N) is 1. The topological polar surface area (TPSA) is 82.5 Å². The van der Waals surface area contributed by atoms with Crippen molar-refractivity contribution in [3.8, 4) is 11.4 Å². The summed E-state index contributed by atoms with van der Waals surface area (Å²) in [5.41, 5.74) is 1.68. The van der Waals surface area contributed by atoms with Crippen molar-refractivity contribution < 1.29 is 19.1 Å². The molecule has 0 aliphatic heterocycles. The van der Waals surface area contributed by atoms with Crippen molar-refractivity contribution in [1.82, 2.24) is 9.78 Å². The molecule has 138 valence electrons. The third-order valence-electron chi connectivity index (χ3n) is 3.89. The van der Waals surface area contributed by atoms with Crippen LogP contribution in [0.5, 0.6) is 5.75 Å². The quantitative estimate of drug-likeness (QED) is 0.679. The average molecular weight is 365 g/mol. The van der Waals surface area contributed by atoms with Crippen molar-refractivity contribution in [2.24, 2.45) is 0 Å². The lowest BCUT2D eigenvalue weighted by atomic mass is 10.2. The monoisotopic (exact) mass is 365 g/mol. The normalized spacial score (nSPS) is 11.5. The summed E-state index contributed by atoms with van der Waals surface area (Å²) >= 11 is 0. The zero-order valence-electron chi connectivity index (χ0n) is 15.0. The first-order chi connectivity index (χ1) is 13.1. The van der Waals surface area contributed by atoms with Gasteiger partial charge in [-0.05, 0) is 49.4 Å². The van der Waals surface area contributed by atoms with E-state index < -0.39 is 18.0 Å². The Kier molecular flexibility index (Phi) is 5.51. The molecule has 1 N–H and O–H groups in total. The Labute approximate surface area is 156 Å². The molecule has 0 radical (unpaired) electrons. The number of esters is 1. The van der Waals surface area contributed by atoms with Gasteiger partial charge in [-0.3, -0.25) is 4.79 Å². The van der Waals surface area contributed by atoms with E-state index in [0.29, 0.717) is 17.0 Å². The number of amides is 1. The molecule has 0 saturated heterocycles. The van der Waals surface area contributed by atoms with E-state index in [1.54, 1.807) is 65.6 Å². The molecule has 0 fully saturated rings. The lowest BCUT2D eigenvalue weighted by molar-refractivity contribution is -0.123. The van der Waals surface area contributed by atoms with Gasteiger partial charge in [-0.2, -0.15) is 5.10 Å². The molecule has 1 aromatic heterocycles. The molecule has 1 heterocycles. The standard InChI is InChI=1S/C20H19N3O4/c1-14(19(24)22-17-6-3-4-7-18(17)26-2)27-20(25)15-8-10-16(11-9-15)23-13-5-12-21-23/h3-14H,1-2H3,(H,22,24). The van der Waals surface area contributed by atoms with Crippen LogP contribution in [0.25, 0.3) is 5.69 Å². The Morgan fingerprint density at radius 3 is 2.48 bits per heavy atom. The molecule has 2 aromatic carbocycles. The highest BCUT2D eigenvalue weighted by Crippen LogP contribution is 2.23. The van der Waals surface area contributed by atoms with Crippen LogP contribution >= 0.6 is 0 Å². The van der Waals surface area contributed by atoms with Crippen molar-refractivity contribution >= 4 is 17.6 Å². The van der Waals surface area contributed by atoms with E-state index in [1.165, 1.54) is 14.0 Å². The summed E-state index contributed by atoms with van der Waals surface area (Å²) in [6.45, 7) is 1.51. The largest absolute Gasteiger partial charge is 0.495 e. The summed E-state index contributed by atoms with van der Waals surface area (Å²) in [4.78, 5) is 24.6. The van der Waals surface area contributed by atoms with E-state index in [-0.39, 0.29) is 0 Å². The van der Waals surface area contributed by atoms with Crippen LogP contribution in [0.15, 0.2) is 67.0 Å². The minimum atomic E-state index is -0.965. The zero-order chi connectivity index (χ0) is 19.2. The lowest BCUT2D eigenvalue weighted by Gasteiger charge is -2.15. The Morgan fingerprint density at radius 1 is 1.07 bits per heavy atom. The predicted octanol–water partition coefficient (Wildman–Crippen LogP) is 3.06. The maximum absolute atomic E-state index is 12.3. The van der Waals surface area contributed by atoms with E-state index in [0.717, 1.165) is 5.69 Å². The van der Waals surface area contributed by atoms with Crippen LogP contribution in [0.3, 0.4) is 0 Å². The molecule has 1 amide bonds. The molecule has 0 saturated carbocycles. The average Bonchev–Trinajstić information content (AvgIpc) is 3.23. The number of rotatable bonds is 6. The SMILES string of the molecule is COc1ccccc1NC(=O)C(C)OC(=O)c1ccc(-n2cccn2)cc1. The molecule has 1 atom stereocenters. The summed E-state index contributed by atoms with van der Waals surface area (Å²) in [6, 6.07) is 15.6. The van der Waals surface area contributed by atoms with Crippen molar-refractivity contribution in [3.63, 3.8) is 0 Å². The first kappa shape index (κ1) is 18.2. The number of carbonyl (C=O) groups excluding carboxylic acids is 2. The lowest BCUT2D eigenvalue weighted by Crippen LogP contribution is -2.30. The second kappa shape index (κ2) is 8.18. The molecule has 0 aliphatic carbocycles. The number of carbonyl (C=O) groups is 2. The fourth-order valence-corrected chi connectivity index (χ4v) is 2.44. The minimum Gasteiger partial charge on any atom is -0.495 e. The van der Waals surface area contributed by atoms with E-state index in [9.17, 15) is 9.59 Å². The third-order valence-corrected chi connectivity index (χ3v) is 3.89. The highest BCUT2D eigenvalue weighted by atomic mass is 16.5. The second-order valence-electron chi connectivity index (χ2n) is 5.73. The summed E-state index contributed by atoms with van der Waals surface area (Å²) in [5.74, 6) is -0.496. The van der Waals surface area contributed by atoms with E-state index >= 15 is 0 Å². The molecule has 7 heteroatoms. The summed E-state index contributed by atoms with van der Waals surface area (Å²) in [5, 5.41) is 6.82. The Hall–Kier alpha value is -3.61. The minimum absolute atomic E-state index is 0.350. The van der Waals surface area contributed by atoms with Gasteiger partial charge < -0.3 is 14.8 Å². The summed E-state index contributed by atoms with van der Waals surface area (Å²) < 4.78 is 12.1. The fraction of sp³-hybridized carbons (Fsp3) is 0.150. The molecule has 0 bridgehead atoms. The van der Waals surface area contributed by atoms with Crippen LogP contribution in [-0.2, 0) is 9.53 Å². The molecule has 3 aromatic rings. The van der Waals surface area contributed by atoms with Crippen LogP contribution in [-0.4, -0.2) is 34.9 Å². The van der Waals surface area contributed by atoms with Crippen LogP contribution in [0.4, 0.5) is 5.69 Å². The number of nitrogens with zero attached hydrogens (tertiary/aromatic N) is 2. The fourth-order valence-electron chi connectivity index (χ4n) is 2.44. The van der Waals surface area contributed by atoms with Gasteiger partial charge >= 0.3 is 5.97 Å². The van der Waals surface area contributed by atoms with Gasteiger partial charge in [-0.25, -0.2) is 9.48 Å². The maximum Gasteiger partial charge on any atom is 0.338 e. The Morgan fingerprint density at radius 2 is 1.81 bits per heavy atom. The summed E-state index contributed by atoms with van der Waals surface area (Å²) in [6.07, 6.45) is 2.51. The molecular weight excluding hydrogens is 346 g/mol. The number of anilines is 1. The molecule has 1 unspecified atom stereocenters. The number of hydrogen-bond donors (Lipinski definition) is 1. The number of para-hydroxylation sites is 2. The van der Waals surface area contributed by atoms with Gasteiger partial charge in [0.15, 0.2) is 6.10 Å². The van der Waals surface area contributed by atoms with E-state index in [4.69, 9.17) is 9.47 Å². The van der Waals surface area contributed by atoms with Crippen LogP contribution < -0.4 is 10.1 Å². The van der Waals surface area contributed by atoms with Gasteiger partial charge in [0.1, 0.15) is 5.75 Å². The van der Waals surface area contributed by atoms with Gasteiger partial charge in [0, 0.05) is 12.4 Å². The highest BCUT2D eigenvalue weighted by molar-refractivity contribution is 5.98. The molecule has 0 spiro atoms. The highest BCUT2D eigenvalue weighted by Gasteiger charge is 2.20. The van der Waals surface area contributed by atoms with Gasteiger partial charge in [0.25, 0.3) is 5.91 Å². The number of methoxy groups -OCH3 is 1. The number of benzene rings is 2. The first-order valence-electron chi connectivity index (χ1n) is 8.33. The van der Waals surface area contributed by atoms with Gasteiger partial charge in [0.2, 0.25) is 0 Å². The van der Waals surface area contributed by atoms with Gasteiger partial charge in [-0.15, -0.1) is 0 Å². The third kappa shape index (κ3) is 4.33. The summed E-state index contributed by atoms with van der Waals surface area (Å²) in [7, 11) is 1.52. The first-order valence-corrected chi connectivity index (χ1v) is 8.33. The van der Waals surface area contributed by atoms with E-state index in [2.05, 4.69) is 10.4 Å². The number of hydrogen-bond acceptors (Lipinski definition) is 5. The number of aromatic nitrogens is 2. The van der Waals surface area contributed by atoms with Crippen molar-refractivity contribution in [3.05, 3.63) is 72.6 Å². The van der Waals surface area contributed by atoms with Crippen LogP contribution in [0, 0.1) is 0 Å². The zero-order valence-corrected chi connectivity index (χ0v) is 15.0. The Balaban J connectivity index is 1.62. The van der Waals surface area contributed by atoms with Gasteiger partial charge in [-0.1, -0.05) is 12.1 Å². The molecule has 3 rings (SSSR count). The molecular formula is C20H19N3O4. The van der Waals surface area contributed by atoms with Crippen LogP contribution in [0.2, 0.25) is 0 Å². The maximum atomic E-state index is 12.3. The number of ether oxygens (including phenoxy) is 2. The predicted molar refractivity (Wildman–Crippen MR) is 100 cm³/mol. The van der Waals surface area contributed by atoms with Crippen molar-refractivity contribution in [2.75, 3.05) is 12.4 Å². The molecule has 0 aliphatic rings. The van der Waals surface area contributed by atoms with E-state index in [1.807, 2.05) is 6.07 Å².